The van der Waals surface area contributed by atoms with Gasteiger partial charge in [0.2, 0.25) is 0 Å². The molecule has 1 atom stereocenters. The molecule has 0 fully saturated rings. The number of phenols is 1. The van der Waals surface area contributed by atoms with Crippen LogP contribution in [0.2, 0.25) is 5.02 Å². The van der Waals surface area contributed by atoms with Crippen molar-refractivity contribution in [3.8, 4) is 5.75 Å². The third kappa shape index (κ3) is 1.88. The molecule has 0 spiro atoms. The number of phenolic OH excluding ortho intramolecular Hbond substituents is 1. The third-order valence-electron chi connectivity index (χ3n) is 1.65. The van der Waals surface area contributed by atoms with Crippen LogP contribution in [0, 0.1) is 0 Å². The third-order valence-corrected chi connectivity index (χ3v) is 1.96. The minimum absolute atomic E-state index is 0.0599. The molecule has 0 bridgehead atoms. The number of halogens is 1. The second-order valence-corrected chi connectivity index (χ2v) is 2.96. The molecule has 0 radical (unpaired) electrons. The van der Waals surface area contributed by atoms with E-state index in [2.05, 4.69) is 0 Å². The molecule has 66 valence electrons. The molecule has 0 amide bonds. The Morgan fingerprint density at radius 1 is 1.50 bits per heavy atom. The molecule has 1 rings (SSSR count). The largest absolute Gasteiger partial charge is 0.506 e. The van der Waals surface area contributed by atoms with Crippen LogP contribution < -0.4 is 11.5 Å². The summed E-state index contributed by atoms with van der Waals surface area (Å²) in [4.78, 5) is 0. The van der Waals surface area contributed by atoms with Gasteiger partial charge in [0.05, 0.1) is 5.02 Å². The Morgan fingerprint density at radius 2 is 2.17 bits per heavy atom. The lowest BCUT2D eigenvalue weighted by molar-refractivity contribution is 0.475. The molecule has 0 aliphatic carbocycles. The highest BCUT2D eigenvalue weighted by Gasteiger charge is 2.05. The first-order valence-electron chi connectivity index (χ1n) is 3.59. The molecule has 0 aliphatic heterocycles. The fourth-order valence-electron chi connectivity index (χ4n) is 0.890. The molecule has 0 saturated carbocycles. The minimum atomic E-state index is -0.219. The van der Waals surface area contributed by atoms with Gasteiger partial charge in [-0.1, -0.05) is 17.7 Å². The van der Waals surface area contributed by atoms with E-state index in [0.29, 0.717) is 11.6 Å². The monoisotopic (exact) mass is 186 g/mol. The highest BCUT2D eigenvalue weighted by atomic mass is 35.5. The zero-order valence-corrected chi connectivity index (χ0v) is 7.25. The summed E-state index contributed by atoms with van der Waals surface area (Å²) in [7, 11) is 0. The molecule has 1 aromatic rings. The number of aromatic hydroxyl groups is 1. The topological polar surface area (TPSA) is 72.3 Å². The second-order valence-electron chi connectivity index (χ2n) is 2.55. The molecular formula is C8H11ClN2O. The summed E-state index contributed by atoms with van der Waals surface area (Å²) >= 11 is 5.67. The number of rotatable bonds is 2. The Bertz CT molecular complexity index is 278. The highest BCUT2D eigenvalue weighted by molar-refractivity contribution is 6.32. The van der Waals surface area contributed by atoms with Gasteiger partial charge in [0, 0.05) is 12.6 Å². The van der Waals surface area contributed by atoms with Crippen LogP contribution in [0.3, 0.4) is 0 Å². The van der Waals surface area contributed by atoms with E-state index in [1.165, 1.54) is 6.07 Å². The van der Waals surface area contributed by atoms with Gasteiger partial charge in [0.15, 0.2) is 0 Å². The van der Waals surface area contributed by atoms with E-state index in [4.69, 9.17) is 28.2 Å². The van der Waals surface area contributed by atoms with Gasteiger partial charge in [-0.25, -0.2) is 0 Å². The van der Waals surface area contributed by atoms with E-state index in [1.807, 2.05) is 0 Å². The van der Waals surface area contributed by atoms with Gasteiger partial charge < -0.3 is 16.6 Å². The Labute approximate surface area is 75.9 Å². The van der Waals surface area contributed by atoms with Gasteiger partial charge in [0.1, 0.15) is 5.75 Å². The summed E-state index contributed by atoms with van der Waals surface area (Å²) in [6.07, 6.45) is 0. The van der Waals surface area contributed by atoms with E-state index in [-0.39, 0.29) is 11.8 Å². The lowest BCUT2D eigenvalue weighted by Crippen LogP contribution is -2.20. The number of benzene rings is 1. The predicted molar refractivity (Wildman–Crippen MR) is 49.1 cm³/mol. The van der Waals surface area contributed by atoms with Crippen LogP contribution in [-0.4, -0.2) is 11.7 Å². The standard InChI is InChI=1S/C8H11ClN2O/c9-6-3-5(7(11)4-10)1-2-8(6)12/h1-3,7,12H,4,10-11H2/t7-/m0/s1. The summed E-state index contributed by atoms with van der Waals surface area (Å²) in [5.74, 6) is 0.0599. The lowest BCUT2D eigenvalue weighted by Gasteiger charge is -2.09. The van der Waals surface area contributed by atoms with Crippen LogP contribution in [0.1, 0.15) is 11.6 Å². The SMILES string of the molecule is NC[C@H](N)c1ccc(O)c(Cl)c1. The quantitative estimate of drug-likeness (QED) is 0.646. The number of hydrogen-bond donors (Lipinski definition) is 3. The first-order chi connectivity index (χ1) is 5.65. The van der Waals surface area contributed by atoms with Crippen molar-refractivity contribution >= 4 is 11.6 Å². The van der Waals surface area contributed by atoms with Gasteiger partial charge in [-0.2, -0.15) is 0 Å². The maximum Gasteiger partial charge on any atom is 0.134 e. The van der Waals surface area contributed by atoms with Crippen LogP contribution >= 0.6 is 11.6 Å². The normalized spacial score (nSPS) is 12.9. The first kappa shape index (κ1) is 9.32. The van der Waals surface area contributed by atoms with Crippen LogP contribution in [0.15, 0.2) is 18.2 Å². The zero-order chi connectivity index (χ0) is 9.14. The first-order valence-corrected chi connectivity index (χ1v) is 3.97. The Kier molecular flexibility index (Phi) is 2.92. The molecule has 0 aromatic heterocycles. The average molecular weight is 187 g/mol. The molecule has 12 heavy (non-hydrogen) atoms. The fourth-order valence-corrected chi connectivity index (χ4v) is 1.08. The molecule has 5 N–H and O–H groups in total. The maximum absolute atomic E-state index is 9.09. The molecular weight excluding hydrogens is 176 g/mol. The van der Waals surface area contributed by atoms with E-state index in [1.54, 1.807) is 12.1 Å². The minimum Gasteiger partial charge on any atom is -0.506 e. The Hall–Kier alpha value is -0.770. The molecule has 0 heterocycles. The lowest BCUT2D eigenvalue weighted by atomic mass is 10.1. The van der Waals surface area contributed by atoms with Crippen LogP contribution in [0.5, 0.6) is 5.75 Å². The van der Waals surface area contributed by atoms with Gasteiger partial charge >= 0.3 is 0 Å². The highest BCUT2D eigenvalue weighted by Crippen LogP contribution is 2.25. The smallest absolute Gasteiger partial charge is 0.134 e. The summed E-state index contributed by atoms with van der Waals surface area (Å²) in [6.45, 7) is 0.362. The molecule has 4 heteroatoms. The maximum atomic E-state index is 9.09. The number of nitrogens with two attached hydrogens (primary N) is 2. The molecule has 3 nitrogen and oxygen atoms in total. The van der Waals surface area contributed by atoms with Gasteiger partial charge in [-0.3, -0.25) is 0 Å². The molecule has 0 unspecified atom stereocenters. The predicted octanol–water partition coefficient (Wildman–Crippen LogP) is 1.00. The summed E-state index contributed by atoms with van der Waals surface area (Å²) < 4.78 is 0. The molecule has 1 aromatic carbocycles. The van der Waals surface area contributed by atoms with Gasteiger partial charge in [0.25, 0.3) is 0 Å². The number of hydrogen-bond acceptors (Lipinski definition) is 3. The van der Waals surface area contributed by atoms with Crippen molar-refractivity contribution in [2.45, 2.75) is 6.04 Å². The van der Waals surface area contributed by atoms with E-state index >= 15 is 0 Å². The summed E-state index contributed by atoms with van der Waals surface area (Å²) in [6, 6.07) is 4.61. The zero-order valence-electron chi connectivity index (χ0n) is 6.50. The van der Waals surface area contributed by atoms with E-state index in [9.17, 15) is 0 Å². The Morgan fingerprint density at radius 3 is 2.67 bits per heavy atom. The average Bonchev–Trinajstić information content (AvgIpc) is 2.08. The van der Waals surface area contributed by atoms with Crippen molar-refractivity contribution in [3.05, 3.63) is 28.8 Å². The second kappa shape index (κ2) is 3.76. The summed E-state index contributed by atoms with van der Waals surface area (Å²) in [5.41, 5.74) is 11.8. The molecule has 0 saturated heterocycles. The van der Waals surface area contributed by atoms with Gasteiger partial charge in [-0.15, -0.1) is 0 Å². The summed E-state index contributed by atoms with van der Waals surface area (Å²) in [5, 5.41) is 9.40. The van der Waals surface area contributed by atoms with Crippen LogP contribution in [0.25, 0.3) is 0 Å². The van der Waals surface area contributed by atoms with Crippen molar-refractivity contribution in [1.29, 1.82) is 0 Å². The van der Waals surface area contributed by atoms with Crippen LogP contribution in [0.4, 0.5) is 0 Å². The van der Waals surface area contributed by atoms with Crippen molar-refractivity contribution in [2.24, 2.45) is 11.5 Å². The van der Waals surface area contributed by atoms with Crippen molar-refractivity contribution in [1.82, 2.24) is 0 Å². The fraction of sp³-hybridized carbons (Fsp3) is 0.250. The van der Waals surface area contributed by atoms with Gasteiger partial charge in [-0.05, 0) is 17.7 Å². The van der Waals surface area contributed by atoms with Crippen LogP contribution in [-0.2, 0) is 0 Å². The van der Waals surface area contributed by atoms with Crippen molar-refractivity contribution < 1.29 is 5.11 Å². The Balaban J connectivity index is 2.96. The van der Waals surface area contributed by atoms with E-state index < -0.39 is 0 Å². The van der Waals surface area contributed by atoms with Crippen molar-refractivity contribution in [2.75, 3.05) is 6.54 Å². The van der Waals surface area contributed by atoms with Crippen molar-refractivity contribution in [3.63, 3.8) is 0 Å². The molecule has 0 aliphatic rings. The van der Waals surface area contributed by atoms with E-state index in [0.717, 1.165) is 5.56 Å².